The molecule has 28 heavy (non-hydrogen) atoms. The van der Waals surface area contributed by atoms with Crippen molar-refractivity contribution in [3.05, 3.63) is 81.6 Å². The average molecular weight is 398 g/mol. The number of benzene rings is 2. The third kappa shape index (κ3) is 6.66. The van der Waals surface area contributed by atoms with Gasteiger partial charge in [-0.3, -0.25) is 0 Å². The van der Waals surface area contributed by atoms with Crippen LogP contribution < -0.4 is 0 Å². The molecule has 0 aromatic heterocycles. The van der Waals surface area contributed by atoms with Crippen LogP contribution in [-0.4, -0.2) is 0 Å². The molecule has 1 nitrogen and oxygen atoms in total. The Morgan fingerprint density at radius 1 is 1.07 bits per heavy atom. The lowest BCUT2D eigenvalue weighted by Gasteiger charge is -2.12. The average Bonchev–Trinajstić information content (AvgIpc) is 2.71. The number of nitriles is 1. The molecule has 0 bridgehead atoms. The van der Waals surface area contributed by atoms with Gasteiger partial charge in [-0.15, -0.1) is 0 Å². The van der Waals surface area contributed by atoms with E-state index in [9.17, 15) is 9.65 Å². The first-order valence-electron chi connectivity index (χ1n) is 9.73. The number of hydrogen-bond acceptors (Lipinski definition) is 1. The van der Waals surface area contributed by atoms with Crippen LogP contribution in [0.5, 0.6) is 0 Å². The molecule has 0 amide bonds. The minimum Gasteiger partial charge on any atom is -0.205 e. The highest BCUT2D eigenvalue weighted by Crippen LogP contribution is 2.30. The maximum absolute atomic E-state index is 13.4. The van der Waals surface area contributed by atoms with Gasteiger partial charge >= 0.3 is 0 Å². The highest BCUT2D eigenvalue weighted by molar-refractivity contribution is 6.31. The molecule has 0 saturated carbocycles. The lowest BCUT2D eigenvalue weighted by Crippen LogP contribution is -1.92. The zero-order valence-corrected chi connectivity index (χ0v) is 18.2. The third-order valence-electron chi connectivity index (χ3n) is 4.45. The van der Waals surface area contributed by atoms with E-state index in [1.54, 1.807) is 12.1 Å². The molecule has 148 valence electrons. The quantitative estimate of drug-likeness (QED) is 0.367. The number of nitrogens with zero attached hydrogens (tertiary/aromatic N) is 1. The summed E-state index contributed by atoms with van der Waals surface area (Å²) in [6.45, 7) is 10.3. The van der Waals surface area contributed by atoms with Crippen LogP contribution in [0.1, 0.15) is 69.2 Å². The van der Waals surface area contributed by atoms with Gasteiger partial charge in [-0.2, -0.15) is 5.26 Å². The Morgan fingerprint density at radius 3 is 2.25 bits per heavy atom. The Balaban J connectivity index is 0.000000892. The topological polar surface area (TPSA) is 23.8 Å². The van der Waals surface area contributed by atoms with E-state index in [4.69, 9.17) is 11.6 Å². The molecule has 0 unspecified atom stereocenters. The summed E-state index contributed by atoms with van der Waals surface area (Å²) in [5.41, 5.74) is 5.39. The highest BCUT2D eigenvalue weighted by atomic mass is 35.5. The summed E-state index contributed by atoms with van der Waals surface area (Å²) < 4.78 is 13.4. The van der Waals surface area contributed by atoms with Crippen molar-refractivity contribution in [3.8, 4) is 6.07 Å². The highest BCUT2D eigenvalue weighted by Gasteiger charge is 2.09. The second-order valence-electron chi connectivity index (χ2n) is 6.62. The molecule has 2 aromatic rings. The van der Waals surface area contributed by atoms with Gasteiger partial charge in [0.25, 0.3) is 0 Å². The van der Waals surface area contributed by atoms with Crippen molar-refractivity contribution in [2.75, 3.05) is 0 Å². The fourth-order valence-electron chi connectivity index (χ4n) is 2.47. The molecule has 0 saturated heterocycles. The van der Waals surface area contributed by atoms with Crippen molar-refractivity contribution < 1.29 is 4.39 Å². The van der Waals surface area contributed by atoms with Gasteiger partial charge in [0.15, 0.2) is 0 Å². The summed E-state index contributed by atoms with van der Waals surface area (Å²) in [5, 5.41) is 9.38. The molecule has 0 heterocycles. The van der Waals surface area contributed by atoms with Crippen LogP contribution in [-0.2, 0) is 0 Å². The Labute approximate surface area is 174 Å². The molecule has 3 heteroatoms. The Bertz CT molecular complexity index is 886. The first-order chi connectivity index (χ1) is 13.4. The minimum absolute atomic E-state index is 0.104. The minimum atomic E-state index is -0.430. The van der Waals surface area contributed by atoms with Gasteiger partial charge in [0, 0.05) is 0 Å². The Morgan fingerprint density at radius 2 is 1.71 bits per heavy atom. The van der Waals surface area contributed by atoms with Crippen LogP contribution in [0.15, 0.2) is 48.6 Å². The second-order valence-corrected chi connectivity index (χ2v) is 7.03. The molecular weight excluding hydrogens is 369 g/mol. The molecule has 0 fully saturated rings. The lowest BCUT2D eigenvalue weighted by molar-refractivity contribution is 0.628. The maximum Gasteiger partial charge on any atom is 0.141 e. The predicted molar refractivity (Wildman–Crippen MR) is 120 cm³/mol. The number of unbranched alkanes of at least 4 members (excludes halogenated alkanes) is 1. The van der Waals surface area contributed by atoms with Crippen molar-refractivity contribution in [1.82, 2.24) is 0 Å². The molecule has 0 aliphatic rings. The predicted octanol–water partition coefficient (Wildman–Crippen LogP) is 8.36. The fraction of sp³-hybridized carbons (Fsp3) is 0.320. The summed E-state index contributed by atoms with van der Waals surface area (Å²) in [5.74, 6) is -0.430. The van der Waals surface area contributed by atoms with E-state index in [-0.39, 0.29) is 5.02 Å². The Kier molecular flexibility index (Phi) is 10.3. The fourth-order valence-corrected chi connectivity index (χ4v) is 2.65. The molecular formula is C25H29ClFN. The maximum atomic E-state index is 13.4. The monoisotopic (exact) mass is 397 g/mol. The summed E-state index contributed by atoms with van der Waals surface area (Å²) in [6.07, 6.45) is 7.65. The first-order valence-corrected chi connectivity index (χ1v) is 10.1. The van der Waals surface area contributed by atoms with E-state index in [1.807, 2.05) is 38.1 Å². The van der Waals surface area contributed by atoms with Crippen LogP contribution in [0.3, 0.4) is 0 Å². The first kappa shape index (κ1) is 23.7. The van der Waals surface area contributed by atoms with Crippen molar-refractivity contribution in [2.45, 2.75) is 53.9 Å². The van der Waals surface area contributed by atoms with Crippen molar-refractivity contribution in [2.24, 2.45) is 0 Å². The standard InChI is InChI=1S/C21H19ClFN.C4H10/c1-4-5-6-19(17-8-7-14(2)18(11-17)13-24)15(3)16-9-10-21(23)20(22)12-16;1-3-4-2/h5-12H,4H2,1-3H3;3-4H2,1-2H3/b6-5-,19-15-;. The molecule has 0 atom stereocenters. The molecule has 0 N–H and O–H groups in total. The number of allylic oxidation sites excluding steroid dienone is 4. The van der Waals surface area contributed by atoms with Crippen LogP contribution in [0.4, 0.5) is 4.39 Å². The van der Waals surface area contributed by atoms with Gasteiger partial charge in [-0.05, 0) is 66.3 Å². The summed E-state index contributed by atoms with van der Waals surface area (Å²) in [4.78, 5) is 0. The lowest BCUT2D eigenvalue weighted by atomic mass is 9.93. The van der Waals surface area contributed by atoms with Crippen LogP contribution >= 0.6 is 11.6 Å². The second kappa shape index (κ2) is 12.2. The number of hydrogen-bond donors (Lipinski definition) is 0. The smallest absolute Gasteiger partial charge is 0.141 e. The van der Waals surface area contributed by atoms with E-state index in [2.05, 4.69) is 32.9 Å². The van der Waals surface area contributed by atoms with Crippen molar-refractivity contribution in [3.63, 3.8) is 0 Å². The van der Waals surface area contributed by atoms with E-state index in [1.165, 1.54) is 18.9 Å². The zero-order valence-electron chi connectivity index (χ0n) is 17.4. The van der Waals surface area contributed by atoms with Gasteiger partial charge in [-0.1, -0.05) is 75.6 Å². The van der Waals surface area contributed by atoms with Crippen molar-refractivity contribution in [1.29, 1.82) is 5.26 Å². The number of rotatable bonds is 5. The molecule has 0 radical (unpaired) electrons. The molecule has 2 aromatic carbocycles. The van der Waals surface area contributed by atoms with E-state index in [0.29, 0.717) is 5.56 Å². The largest absolute Gasteiger partial charge is 0.205 e. The zero-order chi connectivity index (χ0) is 21.1. The van der Waals surface area contributed by atoms with Crippen molar-refractivity contribution >= 4 is 22.7 Å². The molecule has 0 spiro atoms. The van der Waals surface area contributed by atoms with Gasteiger partial charge in [0.1, 0.15) is 5.82 Å². The molecule has 0 aliphatic heterocycles. The van der Waals surface area contributed by atoms with Gasteiger partial charge < -0.3 is 0 Å². The SMILES string of the molecule is CC/C=C\C(=C(/C)c1ccc(F)c(Cl)c1)c1ccc(C)c(C#N)c1.CCCC. The van der Waals surface area contributed by atoms with Crippen LogP contribution in [0.25, 0.3) is 11.1 Å². The molecule has 0 aliphatic carbocycles. The number of halogens is 2. The summed E-state index contributed by atoms with van der Waals surface area (Å²) in [7, 11) is 0. The van der Waals surface area contributed by atoms with E-state index >= 15 is 0 Å². The third-order valence-corrected chi connectivity index (χ3v) is 4.74. The molecule has 2 rings (SSSR count). The number of aryl methyl sites for hydroxylation is 1. The van der Waals surface area contributed by atoms with Gasteiger partial charge in [0.05, 0.1) is 16.7 Å². The summed E-state index contributed by atoms with van der Waals surface area (Å²) in [6, 6.07) is 12.8. The van der Waals surface area contributed by atoms with E-state index < -0.39 is 5.82 Å². The van der Waals surface area contributed by atoms with Gasteiger partial charge in [0.2, 0.25) is 0 Å². The van der Waals surface area contributed by atoms with E-state index in [0.717, 1.165) is 34.3 Å². The normalized spacial score (nSPS) is 11.5. The van der Waals surface area contributed by atoms with Gasteiger partial charge in [-0.25, -0.2) is 4.39 Å². The van der Waals surface area contributed by atoms with Crippen LogP contribution in [0.2, 0.25) is 5.02 Å². The Hall–Kier alpha value is -2.37. The summed E-state index contributed by atoms with van der Waals surface area (Å²) >= 11 is 5.92. The van der Waals surface area contributed by atoms with Crippen LogP contribution in [0, 0.1) is 24.1 Å².